The van der Waals surface area contributed by atoms with Crippen LogP contribution in [-0.2, 0) is 16.0 Å². The summed E-state index contributed by atoms with van der Waals surface area (Å²) >= 11 is 0. The summed E-state index contributed by atoms with van der Waals surface area (Å²) in [5, 5.41) is 11.2. The van der Waals surface area contributed by atoms with Crippen molar-refractivity contribution in [1.29, 1.82) is 0 Å². The second-order valence-electron chi connectivity index (χ2n) is 3.82. The molecule has 1 aromatic heterocycles. The number of allylic oxidation sites excluding steroid dienone is 1. The zero-order valence-electron chi connectivity index (χ0n) is 9.73. The Balaban J connectivity index is 2.65. The monoisotopic (exact) mass is 234 g/mol. The molecule has 0 saturated carbocycles. The Labute approximate surface area is 99.2 Å². The summed E-state index contributed by atoms with van der Waals surface area (Å²) in [6.45, 7) is 3.65. The molecule has 1 heterocycles. The Morgan fingerprint density at radius 2 is 2.12 bits per heavy atom. The van der Waals surface area contributed by atoms with Crippen molar-refractivity contribution < 1.29 is 14.7 Å². The molecule has 0 unspecified atom stereocenters. The minimum Gasteiger partial charge on any atom is -0.481 e. The van der Waals surface area contributed by atoms with Crippen LogP contribution in [0.1, 0.15) is 19.5 Å². The first-order valence-corrected chi connectivity index (χ1v) is 5.10. The van der Waals surface area contributed by atoms with E-state index in [9.17, 15) is 9.59 Å². The van der Waals surface area contributed by atoms with Gasteiger partial charge in [-0.1, -0.05) is 5.57 Å². The number of nitrogens with one attached hydrogen (secondary N) is 1. The highest BCUT2D eigenvalue weighted by Gasteiger charge is 2.03. The summed E-state index contributed by atoms with van der Waals surface area (Å²) in [6.07, 6.45) is 2.79. The fourth-order valence-electron chi connectivity index (χ4n) is 1.20. The fourth-order valence-corrected chi connectivity index (χ4v) is 1.20. The number of amides is 1. The number of carboxylic acids is 1. The molecule has 1 rings (SSSR count). The molecule has 1 amide bonds. The molecule has 0 aliphatic heterocycles. The summed E-state index contributed by atoms with van der Waals surface area (Å²) in [5.74, 6) is -1.16. The Morgan fingerprint density at radius 3 is 2.59 bits per heavy atom. The van der Waals surface area contributed by atoms with E-state index in [1.165, 1.54) is 12.3 Å². The van der Waals surface area contributed by atoms with E-state index in [-0.39, 0.29) is 12.3 Å². The van der Waals surface area contributed by atoms with Crippen LogP contribution in [0, 0.1) is 0 Å². The first kappa shape index (κ1) is 12.9. The molecule has 0 atom stereocenters. The Hall–Kier alpha value is -2.17. The molecule has 5 nitrogen and oxygen atoms in total. The van der Waals surface area contributed by atoms with E-state index in [1.54, 1.807) is 12.1 Å². The number of pyridine rings is 1. The smallest absolute Gasteiger partial charge is 0.309 e. The van der Waals surface area contributed by atoms with E-state index in [2.05, 4.69) is 10.3 Å². The van der Waals surface area contributed by atoms with Crippen LogP contribution in [0.15, 0.2) is 30.0 Å². The average Bonchev–Trinajstić information content (AvgIpc) is 2.18. The van der Waals surface area contributed by atoms with Crippen molar-refractivity contribution in [1.82, 2.24) is 4.98 Å². The second kappa shape index (κ2) is 5.79. The average molecular weight is 234 g/mol. The number of aliphatic carboxylic acids is 1. The highest BCUT2D eigenvalue weighted by Crippen LogP contribution is 2.07. The number of carbonyl (C=O) groups is 2. The number of hydrogen-bond acceptors (Lipinski definition) is 3. The molecule has 0 saturated heterocycles. The number of anilines is 1. The number of rotatable bonds is 4. The molecule has 0 fully saturated rings. The highest BCUT2D eigenvalue weighted by molar-refractivity contribution is 5.99. The third kappa shape index (κ3) is 4.92. The minimum absolute atomic E-state index is 0.123. The lowest BCUT2D eigenvalue weighted by Gasteiger charge is -2.03. The SMILES string of the molecule is CC(C)=CC(=O)Nc1ccc(CC(=O)O)nc1. The van der Waals surface area contributed by atoms with E-state index in [0.29, 0.717) is 11.4 Å². The standard InChI is InChI=1S/C12H14N2O3/c1-8(2)5-11(15)14-10-4-3-9(13-7-10)6-12(16)17/h3-5,7H,6H2,1-2H3,(H,14,15)(H,16,17). The molecule has 0 spiro atoms. The summed E-state index contributed by atoms with van der Waals surface area (Å²) in [4.78, 5) is 25.7. The molecular weight excluding hydrogens is 220 g/mol. The van der Waals surface area contributed by atoms with Gasteiger partial charge in [-0.3, -0.25) is 14.6 Å². The van der Waals surface area contributed by atoms with E-state index in [1.807, 2.05) is 13.8 Å². The second-order valence-corrected chi connectivity index (χ2v) is 3.82. The van der Waals surface area contributed by atoms with E-state index in [4.69, 9.17) is 5.11 Å². The Bertz CT molecular complexity index is 445. The first-order chi connectivity index (χ1) is 7.97. The van der Waals surface area contributed by atoms with Crippen molar-refractivity contribution in [3.8, 4) is 0 Å². The first-order valence-electron chi connectivity index (χ1n) is 5.10. The number of carboxylic acid groups (broad SMARTS) is 1. The van der Waals surface area contributed by atoms with Crippen LogP contribution >= 0.6 is 0 Å². The summed E-state index contributed by atoms with van der Waals surface area (Å²) in [5.41, 5.74) is 1.90. The summed E-state index contributed by atoms with van der Waals surface area (Å²) < 4.78 is 0. The molecule has 17 heavy (non-hydrogen) atoms. The Morgan fingerprint density at radius 1 is 1.41 bits per heavy atom. The van der Waals surface area contributed by atoms with Gasteiger partial charge in [-0.25, -0.2) is 0 Å². The molecule has 0 aliphatic carbocycles. The zero-order chi connectivity index (χ0) is 12.8. The van der Waals surface area contributed by atoms with Crippen molar-refractivity contribution in [2.75, 3.05) is 5.32 Å². The third-order valence-electron chi connectivity index (χ3n) is 1.84. The van der Waals surface area contributed by atoms with E-state index >= 15 is 0 Å². The van der Waals surface area contributed by atoms with Crippen LogP contribution in [-0.4, -0.2) is 22.0 Å². The van der Waals surface area contributed by atoms with Gasteiger partial charge in [0.05, 0.1) is 24.0 Å². The van der Waals surface area contributed by atoms with E-state index < -0.39 is 5.97 Å². The van der Waals surface area contributed by atoms with Gasteiger partial charge in [0.1, 0.15) is 0 Å². The number of aromatic nitrogens is 1. The molecule has 0 radical (unpaired) electrons. The van der Waals surface area contributed by atoms with Crippen molar-refractivity contribution >= 4 is 17.6 Å². The molecule has 1 aromatic rings. The fraction of sp³-hybridized carbons (Fsp3) is 0.250. The van der Waals surface area contributed by atoms with Gasteiger partial charge in [-0.2, -0.15) is 0 Å². The summed E-state index contributed by atoms with van der Waals surface area (Å²) in [7, 11) is 0. The third-order valence-corrected chi connectivity index (χ3v) is 1.84. The lowest BCUT2D eigenvalue weighted by atomic mass is 10.2. The van der Waals surface area contributed by atoms with Crippen LogP contribution in [0.5, 0.6) is 0 Å². The maximum atomic E-state index is 11.4. The largest absolute Gasteiger partial charge is 0.481 e. The van der Waals surface area contributed by atoms with Crippen molar-refractivity contribution in [3.63, 3.8) is 0 Å². The molecule has 0 bridgehead atoms. The maximum absolute atomic E-state index is 11.4. The molecular formula is C12H14N2O3. The van der Waals surface area contributed by atoms with Gasteiger partial charge in [0.25, 0.3) is 0 Å². The van der Waals surface area contributed by atoms with Crippen LogP contribution in [0.4, 0.5) is 5.69 Å². The quantitative estimate of drug-likeness (QED) is 0.776. The van der Waals surface area contributed by atoms with Gasteiger partial charge in [-0.05, 0) is 26.0 Å². The van der Waals surface area contributed by atoms with Gasteiger partial charge >= 0.3 is 5.97 Å². The van der Waals surface area contributed by atoms with Gasteiger partial charge in [0.2, 0.25) is 5.91 Å². The van der Waals surface area contributed by atoms with Gasteiger partial charge in [0.15, 0.2) is 0 Å². The van der Waals surface area contributed by atoms with E-state index in [0.717, 1.165) is 5.57 Å². The molecule has 5 heteroatoms. The normalized spacial score (nSPS) is 9.53. The minimum atomic E-state index is -0.932. The topological polar surface area (TPSA) is 79.3 Å². The number of hydrogen-bond donors (Lipinski definition) is 2. The van der Waals surface area contributed by atoms with Crippen LogP contribution in [0.2, 0.25) is 0 Å². The molecule has 0 aromatic carbocycles. The molecule has 2 N–H and O–H groups in total. The number of carbonyl (C=O) groups excluding carboxylic acids is 1. The van der Waals surface area contributed by atoms with Crippen LogP contribution in [0.3, 0.4) is 0 Å². The lowest BCUT2D eigenvalue weighted by Crippen LogP contribution is -2.09. The van der Waals surface area contributed by atoms with Gasteiger partial charge in [0, 0.05) is 6.08 Å². The van der Waals surface area contributed by atoms with Crippen molar-refractivity contribution in [2.45, 2.75) is 20.3 Å². The zero-order valence-corrected chi connectivity index (χ0v) is 9.73. The molecule has 90 valence electrons. The van der Waals surface area contributed by atoms with Crippen LogP contribution < -0.4 is 5.32 Å². The van der Waals surface area contributed by atoms with Gasteiger partial charge in [-0.15, -0.1) is 0 Å². The summed E-state index contributed by atoms with van der Waals surface area (Å²) in [6, 6.07) is 3.20. The Kier molecular flexibility index (Phi) is 4.39. The van der Waals surface area contributed by atoms with Crippen molar-refractivity contribution in [2.24, 2.45) is 0 Å². The predicted molar refractivity (Wildman–Crippen MR) is 63.6 cm³/mol. The maximum Gasteiger partial charge on any atom is 0.309 e. The van der Waals surface area contributed by atoms with Crippen LogP contribution in [0.25, 0.3) is 0 Å². The van der Waals surface area contributed by atoms with Gasteiger partial charge < -0.3 is 10.4 Å². The predicted octanol–water partition coefficient (Wildman–Crippen LogP) is 1.61. The molecule has 0 aliphatic rings. The van der Waals surface area contributed by atoms with Crippen molar-refractivity contribution in [3.05, 3.63) is 35.7 Å². The number of nitrogens with zero attached hydrogens (tertiary/aromatic N) is 1. The lowest BCUT2D eigenvalue weighted by molar-refractivity contribution is -0.136. The highest BCUT2D eigenvalue weighted by atomic mass is 16.4.